The molecule has 3 aliphatic heterocycles. The fourth-order valence-corrected chi connectivity index (χ4v) is 4.49. The minimum Gasteiger partial charge on any atom is -0.486 e. The molecule has 2 fully saturated rings. The molecule has 2 atom stereocenters. The Bertz CT molecular complexity index is 937. The summed E-state index contributed by atoms with van der Waals surface area (Å²) in [5, 5.41) is 0. The Labute approximate surface area is 175 Å². The largest absolute Gasteiger partial charge is 0.486 e. The van der Waals surface area contributed by atoms with E-state index in [-0.39, 0.29) is 23.7 Å². The first-order valence-electron chi connectivity index (χ1n) is 10.4. The van der Waals surface area contributed by atoms with E-state index in [0.29, 0.717) is 68.7 Å². The lowest BCUT2D eigenvalue weighted by Crippen LogP contribution is -2.45. The molecule has 0 aromatic heterocycles. The normalized spacial score (nSPS) is 23.7. The number of hydrogen-bond acceptors (Lipinski definition) is 5. The van der Waals surface area contributed by atoms with Crippen LogP contribution in [0.4, 0.5) is 4.39 Å². The molecule has 2 bridgehead atoms. The average molecular weight is 412 g/mol. The summed E-state index contributed by atoms with van der Waals surface area (Å²) in [6.07, 6.45) is 0. The van der Waals surface area contributed by atoms with Gasteiger partial charge in [-0.3, -0.25) is 9.69 Å². The number of rotatable bonds is 3. The number of carbonyl (C=O) groups is 1. The van der Waals surface area contributed by atoms with Crippen molar-refractivity contribution < 1.29 is 23.4 Å². The molecule has 2 saturated heterocycles. The topological polar surface area (TPSA) is 51.2 Å². The molecule has 3 heterocycles. The number of amides is 1. The Balaban J connectivity index is 1.35. The first-order chi connectivity index (χ1) is 14.7. The zero-order valence-corrected chi connectivity index (χ0v) is 16.8. The van der Waals surface area contributed by atoms with Crippen molar-refractivity contribution in [2.24, 2.45) is 5.92 Å². The minimum atomic E-state index is -0.193. The summed E-state index contributed by atoms with van der Waals surface area (Å²) in [6.45, 7) is 4.63. The predicted molar refractivity (Wildman–Crippen MR) is 108 cm³/mol. The molecular weight excluding hydrogens is 387 g/mol. The van der Waals surface area contributed by atoms with Gasteiger partial charge in [0.2, 0.25) is 0 Å². The van der Waals surface area contributed by atoms with Crippen molar-refractivity contribution in [3.05, 3.63) is 59.4 Å². The van der Waals surface area contributed by atoms with E-state index >= 15 is 0 Å². The molecule has 0 radical (unpaired) electrons. The van der Waals surface area contributed by atoms with Crippen LogP contribution in [0, 0.1) is 11.7 Å². The van der Waals surface area contributed by atoms with Gasteiger partial charge in [0, 0.05) is 43.2 Å². The van der Waals surface area contributed by atoms with Crippen LogP contribution in [0.3, 0.4) is 0 Å². The van der Waals surface area contributed by atoms with Gasteiger partial charge < -0.3 is 19.1 Å². The zero-order chi connectivity index (χ0) is 20.5. The van der Waals surface area contributed by atoms with Crippen molar-refractivity contribution in [3.8, 4) is 11.5 Å². The molecule has 0 aliphatic carbocycles. The molecule has 6 nitrogen and oxygen atoms in total. The van der Waals surface area contributed by atoms with Gasteiger partial charge in [-0.15, -0.1) is 0 Å². The van der Waals surface area contributed by atoms with Gasteiger partial charge >= 0.3 is 0 Å². The Hall–Kier alpha value is -2.64. The van der Waals surface area contributed by atoms with E-state index in [1.165, 1.54) is 6.07 Å². The van der Waals surface area contributed by atoms with Crippen molar-refractivity contribution in [1.82, 2.24) is 9.80 Å². The summed E-state index contributed by atoms with van der Waals surface area (Å²) in [4.78, 5) is 17.5. The number of benzene rings is 2. The van der Waals surface area contributed by atoms with Crippen LogP contribution in [-0.2, 0) is 11.3 Å². The van der Waals surface area contributed by atoms with Crippen LogP contribution in [0.15, 0.2) is 42.5 Å². The highest BCUT2D eigenvalue weighted by Crippen LogP contribution is 2.32. The summed E-state index contributed by atoms with van der Waals surface area (Å²) in [6, 6.07) is 12.3. The van der Waals surface area contributed by atoms with Crippen molar-refractivity contribution in [3.63, 3.8) is 0 Å². The van der Waals surface area contributed by atoms with Crippen LogP contribution in [-0.4, -0.2) is 67.8 Å². The lowest BCUT2D eigenvalue weighted by atomic mass is 10.1. The lowest BCUT2D eigenvalue weighted by molar-refractivity contribution is 0.0404. The number of ether oxygens (including phenoxy) is 3. The number of nitrogens with zero attached hydrogens (tertiary/aromatic N) is 2. The summed E-state index contributed by atoms with van der Waals surface area (Å²) < 4.78 is 31.3. The van der Waals surface area contributed by atoms with Gasteiger partial charge in [-0.1, -0.05) is 18.2 Å². The monoisotopic (exact) mass is 412 g/mol. The first kappa shape index (κ1) is 19.3. The summed E-state index contributed by atoms with van der Waals surface area (Å²) in [5.41, 5.74) is 1.27. The van der Waals surface area contributed by atoms with E-state index in [4.69, 9.17) is 14.2 Å². The maximum absolute atomic E-state index is 14.2. The molecule has 3 aliphatic rings. The highest BCUT2D eigenvalue weighted by atomic mass is 19.1. The molecular formula is C23H25FN2O4. The summed E-state index contributed by atoms with van der Waals surface area (Å²) in [5.74, 6) is 1.27. The van der Waals surface area contributed by atoms with Gasteiger partial charge in [0.25, 0.3) is 5.91 Å². The molecule has 2 aromatic carbocycles. The molecule has 0 N–H and O–H groups in total. The minimum absolute atomic E-state index is 0.0170. The molecule has 2 aromatic rings. The van der Waals surface area contributed by atoms with Crippen LogP contribution in [0.1, 0.15) is 15.9 Å². The Morgan fingerprint density at radius 1 is 1.00 bits per heavy atom. The predicted octanol–water partition coefficient (Wildman–Crippen LogP) is 2.57. The zero-order valence-electron chi connectivity index (χ0n) is 16.8. The van der Waals surface area contributed by atoms with E-state index in [0.717, 1.165) is 6.54 Å². The van der Waals surface area contributed by atoms with Crippen LogP contribution in [0.5, 0.6) is 11.5 Å². The van der Waals surface area contributed by atoms with Gasteiger partial charge in [-0.05, 0) is 24.3 Å². The fourth-order valence-electron chi connectivity index (χ4n) is 4.49. The SMILES string of the molecule is O=C(c1ccc2c(c1)OCCO2)N1C[C@@H]2COC[C@H](C1)N(Cc1ccccc1F)C2. The van der Waals surface area contributed by atoms with E-state index in [1.807, 2.05) is 17.0 Å². The van der Waals surface area contributed by atoms with Gasteiger partial charge in [0.1, 0.15) is 19.0 Å². The highest BCUT2D eigenvalue weighted by Gasteiger charge is 2.35. The molecule has 0 spiro atoms. The second-order valence-corrected chi connectivity index (χ2v) is 8.15. The molecule has 5 rings (SSSR count). The molecule has 1 amide bonds. The summed E-state index contributed by atoms with van der Waals surface area (Å²) in [7, 11) is 0. The second kappa shape index (κ2) is 8.24. The van der Waals surface area contributed by atoms with Crippen LogP contribution >= 0.6 is 0 Å². The van der Waals surface area contributed by atoms with Gasteiger partial charge in [-0.2, -0.15) is 0 Å². The van der Waals surface area contributed by atoms with Gasteiger partial charge in [0.05, 0.1) is 19.3 Å². The first-order valence-corrected chi connectivity index (χ1v) is 10.4. The Kier molecular flexibility index (Phi) is 5.31. The maximum Gasteiger partial charge on any atom is 0.254 e. The number of hydrogen-bond donors (Lipinski definition) is 0. The molecule has 0 saturated carbocycles. The quantitative estimate of drug-likeness (QED) is 0.776. The molecule has 0 unspecified atom stereocenters. The summed E-state index contributed by atoms with van der Waals surface area (Å²) >= 11 is 0. The highest BCUT2D eigenvalue weighted by molar-refractivity contribution is 5.95. The molecule has 7 heteroatoms. The van der Waals surface area contributed by atoms with Crippen LogP contribution in [0.25, 0.3) is 0 Å². The van der Waals surface area contributed by atoms with E-state index < -0.39 is 0 Å². The van der Waals surface area contributed by atoms with Gasteiger partial charge in [0.15, 0.2) is 11.5 Å². The molecule has 30 heavy (non-hydrogen) atoms. The smallest absolute Gasteiger partial charge is 0.254 e. The van der Waals surface area contributed by atoms with Crippen molar-refractivity contribution in [2.75, 3.05) is 46.1 Å². The number of halogens is 1. The van der Waals surface area contributed by atoms with E-state index in [9.17, 15) is 9.18 Å². The Morgan fingerprint density at radius 3 is 2.70 bits per heavy atom. The number of carbonyl (C=O) groups excluding carboxylic acids is 1. The molecule has 158 valence electrons. The van der Waals surface area contributed by atoms with Gasteiger partial charge in [-0.25, -0.2) is 4.39 Å². The fraction of sp³-hybridized carbons (Fsp3) is 0.435. The van der Waals surface area contributed by atoms with E-state index in [1.54, 1.807) is 24.3 Å². The van der Waals surface area contributed by atoms with Crippen LogP contribution < -0.4 is 9.47 Å². The third-order valence-corrected chi connectivity index (χ3v) is 5.99. The number of fused-ring (bicyclic) bond motifs is 4. The third kappa shape index (κ3) is 3.87. The van der Waals surface area contributed by atoms with Crippen molar-refractivity contribution in [2.45, 2.75) is 12.6 Å². The van der Waals surface area contributed by atoms with Crippen LogP contribution in [0.2, 0.25) is 0 Å². The third-order valence-electron chi connectivity index (χ3n) is 5.99. The Morgan fingerprint density at radius 2 is 1.83 bits per heavy atom. The van der Waals surface area contributed by atoms with Crippen molar-refractivity contribution >= 4 is 5.91 Å². The maximum atomic E-state index is 14.2. The van der Waals surface area contributed by atoms with Crippen molar-refractivity contribution in [1.29, 1.82) is 0 Å². The lowest BCUT2D eigenvalue weighted by Gasteiger charge is -2.31. The second-order valence-electron chi connectivity index (χ2n) is 8.15. The van der Waals surface area contributed by atoms with E-state index in [2.05, 4.69) is 4.90 Å². The average Bonchev–Trinajstić information content (AvgIpc) is 3.04. The standard InChI is InChI=1S/C23H25FN2O4/c24-20-4-2-1-3-18(20)12-25-10-16-11-26(13-19(25)15-28-14-16)23(27)17-5-6-21-22(9-17)30-8-7-29-21/h1-6,9,16,19H,7-8,10-15H2/t16-,19+/m1/s1.